The van der Waals surface area contributed by atoms with Gasteiger partial charge in [-0.2, -0.15) is 0 Å². The molecule has 1 heterocycles. The second-order valence-electron chi connectivity index (χ2n) is 6.18. The molecule has 21 heavy (non-hydrogen) atoms. The van der Waals surface area contributed by atoms with Crippen molar-refractivity contribution in [3.8, 4) is 0 Å². The van der Waals surface area contributed by atoms with Crippen LogP contribution in [0.1, 0.15) is 33.3 Å². The zero-order chi connectivity index (χ0) is 15.6. The van der Waals surface area contributed by atoms with Crippen molar-refractivity contribution in [3.05, 3.63) is 29.8 Å². The first-order chi connectivity index (χ1) is 9.76. The fraction of sp³-hybridized carbons (Fsp3) is 0.500. The van der Waals surface area contributed by atoms with Gasteiger partial charge in [-0.05, 0) is 45.7 Å². The minimum Gasteiger partial charge on any atom is -0.458 e. The molecule has 1 aromatic carbocycles. The van der Waals surface area contributed by atoms with Crippen LogP contribution in [-0.2, 0) is 20.7 Å². The van der Waals surface area contributed by atoms with Crippen LogP contribution >= 0.6 is 11.8 Å². The van der Waals surface area contributed by atoms with E-state index in [1.54, 1.807) is 18.7 Å². The van der Waals surface area contributed by atoms with E-state index in [0.29, 0.717) is 6.42 Å². The molecule has 0 radical (unpaired) electrons. The molecule has 0 saturated heterocycles. The summed E-state index contributed by atoms with van der Waals surface area (Å²) in [5.41, 5.74) is 0.640. The summed E-state index contributed by atoms with van der Waals surface area (Å²) in [4.78, 5) is 25.3. The molecule has 2 atom stereocenters. The maximum absolute atomic E-state index is 12.3. The first kappa shape index (κ1) is 15.9. The van der Waals surface area contributed by atoms with Crippen molar-refractivity contribution in [2.45, 2.75) is 55.9 Å². The highest BCUT2D eigenvalue weighted by Crippen LogP contribution is 2.36. The Bertz CT molecular complexity index is 526. The SMILES string of the molecule is C[C@@H](NC(=O)C1Cc2ccccc2S1)C(=O)OC(C)(C)C. The lowest BCUT2D eigenvalue weighted by molar-refractivity contribution is -0.158. The third-order valence-corrected chi connectivity index (χ3v) is 4.38. The maximum atomic E-state index is 12.3. The summed E-state index contributed by atoms with van der Waals surface area (Å²) in [6.07, 6.45) is 0.702. The Labute approximate surface area is 129 Å². The highest BCUT2D eigenvalue weighted by molar-refractivity contribution is 8.01. The lowest BCUT2D eigenvalue weighted by atomic mass is 10.1. The molecule has 4 nitrogen and oxygen atoms in total. The molecule has 5 heteroatoms. The molecule has 1 amide bonds. The number of benzene rings is 1. The van der Waals surface area contributed by atoms with Crippen molar-refractivity contribution in [2.75, 3.05) is 0 Å². The van der Waals surface area contributed by atoms with Crippen LogP contribution in [0.2, 0.25) is 0 Å². The number of esters is 1. The third-order valence-electron chi connectivity index (χ3n) is 3.06. The molecular weight excluding hydrogens is 286 g/mol. The summed E-state index contributed by atoms with van der Waals surface area (Å²) in [6, 6.07) is 7.36. The third kappa shape index (κ3) is 4.24. The van der Waals surface area contributed by atoms with Gasteiger partial charge >= 0.3 is 5.97 Å². The van der Waals surface area contributed by atoms with E-state index in [-0.39, 0.29) is 11.2 Å². The summed E-state index contributed by atoms with van der Waals surface area (Å²) >= 11 is 1.55. The summed E-state index contributed by atoms with van der Waals surface area (Å²) in [6.45, 7) is 7.08. The number of carbonyl (C=O) groups is 2. The van der Waals surface area contributed by atoms with E-state index in [1.165, 1.54) is 5.56 Å². The molecule has 0 spiro atoms. The molecule has 0 fully saturated rings. The van der Waals surface area contributed by atoms with E-state index in [1.807, 2.05) is 45.0 Å². The van der Waals surface area contributed by atoms with Crippen LogP contribution in [0.5, 0.6) is 0 Å². The normalized spacial score (nSPS) is 18.8. The monoisotopic (exact) mass is 307 g/mol. The molecule has 1 aliphatic heterocycles. The Morgan fingerprint density at radius 3 is 2.62 bits per heavy atom. The van der Waals surface area contributed by atoms with Crippen LogP contribution in [0.15, 0.2) is 29.2 Å². The Morgan fingerprint density at radius 2 is 2.00 bits per heavy atom. The van der Waals surface area contributed by atoms with Gasteiger partial charge in [0.15, 0.2) is 0 Å². The minimum atomic E-state index is -0.638. The predicted octanol–water partition coefficient (Wildman–Crippen LogP) is 2.55. The van der Waals surface area contributed by atoms with Crippen LogP contribution in [0.3, 0.4) is 0 Å². The molecule has 0 saturated carbocycles. The lowest BCUT2D eigenvalue weighted by Gasteiger charge is -2.23. The van der Waals surface area contributed by atoms with Gasteiger partial charge in [-0.15, -0.1) is 11.8 Å². The lowest BCUT2D eigenvalue weighted by Crippen LogP contribution is -2.45. The fourth-order valence-electron chi connectivity index (χ4n) is 2.08. The molecule has 0 bridgehead atoms. The summed E-state index contributed by atoms with van der Waals surface area (Å²) < 4.78 is 5.26. The Morgan fingerprint density at radius 1 is 1.33 bits per heavy atom. The van der Waals surface area contributed by atoms with Gasteiger partial charge in [-0.1, -0.05) is 18.2 Å². The largest absolute Gasteiger partial charge is 0.458 e. The molecule has 1 N–H and O–H groups in total. The first-order valence-electron chi connectivity index (χ1n) is 7.04. The minimum absolute atomic E-state index is 0.116. The smallest absolute Gasteiger partial charge is 0.328 e. The van der Waals surface area contributed by atoms with Crippen molar-refractivity contribution >= 4 is 23.6 Å². The zero-order valence-corrected chi connectivity index (χ0v) is 13.6. The molecule has 2 rings (SSSR count). The molecule has 1 aromatic rings. The van der Waals surface area contributed by atoms with Crippen molar-refractivity contribution in [2.24, 2.45) is 0 Å². The van der Waals surface area contributed by atoms with Crippen molar-refractivity contribution in [1.82, 2.24) is 5.32 Å². The number of hydrogen-bond donors (Lipinski definition) is 1. The Balaban J connectivity index is 1.90. The van der Waals surface area contributed by atoms with E-state index < -0.39 is 17.6 Å². The van der Waals surface area contributed by atoms with Gasteiger partial charge in [0.1, 0.15) is 11.6 Å². The van der Waals surface area contributed by atoms with Crippen LogP contribution < -0.4 is 5.32 Å². The van der Waals surface area contributed by atoms with Crippen molar-refractivity contribution < 1.29 is 14.3 Å². The van der Waals surface area contributed by atoms with Crippen molar-refractivity contribution in [1.29, 1.82) is 0 Å². The van der Waals surface area contributed by atoms with Gasteiger partial charge in [-0.25, -0.2) is 4.79 Å². The summed E-state index contributed by atoms with van der Waals surface area (Å²) in [5, 5.41) is 2.57. The van der Waals surface area contributed by atoms with E-state index in [0.717, 1.165) is 4.90 Å². The number of ether oxygens (including phenoxy) is 1. The van der Waals surface area contributed by atoms with Crippen LogP contribution in [0.25, 0.3) is 0 Å². The fourth-order valence-corrected chi connectivity index (χ4v) is 3.29. The maximum Gasteiger partial charge on any atom is 0.328 e. The van der Waals surface area contributed by atoms with E-state index in [9.17, 15) is 9.59 Å². The van der Waals surface area contributed by atoms with Gasteiger partial charge in [-0.3, -0.25) is 4.79 Å². The highest BCUT2D eigenvalue weighted by Gasteiger charge is 2.30. The summed E-state index contributed by atoms with van der Waals surface area (Å²) in [5.74, 6) is -0.522. The Hall–Kier alpha value is -1.49. The number of nitrogens with one attached hydrogen (secondary N) is 1. The predicted molar refractivity (Wildman–Crippen MR) is 83.2 cm³/mol. The van der Waals surface area contributed by atoms with Crippen LogP contribution in [0.4, 0.5) is 0 Å². The van der Waals surface area contributed by atoms with Gasteiger partial charge in [0, 0.05) is 4.90 Å². The average molecular weight is 307 g/mol. The number of rotatable bonds is 3. The molecule has 1 unspecified atom stereocenters. The molecule has 1 aliphatic rings. The topological polar surface area (TPSA) is 55.4 Å². The first-order valence-corrected chi connectivity index (χ1v) is 7.92. The highest BCUT2D eigenvalue weighted by atomic mass is 32.2. The number of fused-ring (bicyclic) bond motifs is 1. The van der Waals surface area contributed by atoms with E-state index in [4.69, 9.17) is 4.74 Å². The van der Waals surface area contributed by atoms with Crippen LogP contribution in [0, 0.1) is 0 Å². The average Bonchev–Trinajstić information content (AvgIpc) is 2.80. The second-order valence-corrected chi connectivity index (χ2v) is 7.43. The number of carbonyl (C=O) groups excluding carboxylic acids is 2. The van der Waals surface area contributed by atoms with Gasteiger partial charge in [0.2, 0.25) is 5.91 Å². The van der Waals surface area contributed by atoms with Gasteiger partial charge in [0.25, 0.3) is 0 Å². The van der Waals surface area contributed by atoms with E-state index in [2.05, 4.69) is 5.32 Å². The zero-order valence-electron chi connectivity index (χ0n) is 12.8. The number of thioether (sulfide) groups is 1. The van der Waals surface area contributed by atoms with Crippen LogP contribution in [-0.4, -0.2) is 28.8 Å². The Kier molecular flexibility index (Phi) is 4.61. The molecule has 114 valence electrons. The number of hydrogen-bond acceptors (Lipinski definition) is 4. The molecule has 0 aliphatic carbocycles. The van der Waals surface area contributed by atoms with Crippen molar-refractivity contribution in [3.63, 3.8) is 0 Å². The van der Waals surface area contributed by atoms with Gasteiger partial charge < -0.3 is 10.1 Å². The quantitative estimate of drug-likeness (QED) is 0.872. The molecular formula is C16H21NO3S. The van der Waals surface area contributed by atoms with Gasteiger partial charge in [0.05, 0.1) is 5.25 Å². The number of amides is 1. The summed E-state index contributed by atoms with van der Waals surface area (Å²) in [7, 11) is 0. The second kappa shape index (κ2) is 6.10. The molecule has 0 aromatic heterocycles. The standard InChI is InChI=1S/C16H21NO3S/c1-10(15(19)20-16(2,3)4)17-14(18)13-9-11-7-5-6-8-12(11)21-13/h5-8,10,13H,9H2,1-4H3,(H,17,18)/t10-,13?/m1/s1. The van der Waals surface area contributed by atoms with E-state index >= 15 is 0 Å².